The predicted octanol–water partition coefficient (Wildman–Crippen LogP) is 3.90. The molecular weight excluding hydrogens is 380 g/mol. The smallest absolute Gasteiger partial charge is 0.193 e. The molecule has 0 amide bonds. The lowest BCUT2D eigenvalue weighted by atomic mass is 9.93. The molecule has 154 valence electrons. The molecule has 1 heterocycles. The minimum absolute atomic E-state index is 0.0954. The first kappa shape index (κ1) is 21.2. The second-order valence-corrected chi connectivity index (χ2v) is 7.05. The van der Waals surface area contributed by atoms with E-state index < -0.39 is 0 Å². The van der Waals surface area contributed by atoms with Gasteiger partial charge in [0.1, 0.15) is 22.8 Å². The van der Waals surface area contributed by atoms with Crippen LogP contribution < -0.4 is 9.47 Å². The maximum absolute atomic E-state index is 13.0. The first-order chi connectivity index (χ1) is 14.5. The third-order valence-corrected chi connectivity index (χ3v) is 5.12. The van der Waals surface area contributed by atoms with E-state index in [9.17, 15) is 9.90 Å². The fraction of sp³-hybridized carbons (Fsp3) is 0.250. The van der Waals surface area contributed by atoms with Crippen LogP contribution >= 0.6 is 0 Å². The van der Waals surface area contributed by atoms with Crippen LogP contribution in [-0.2, 0) is 0 Å². The second kappa shape index (κ2) is 9.29. The Morgan fingerprint density at radius 2 is 1.90 bits per heavy atom. The highest BCUT2D eigenvalue weighted by molar-refractivity contribution is 6.11. The zero-order valence-corrected chi connectivity index (χ0v) is 17.3. The number of likely N-dealkylation sites (N-methyl/N-ethyl adjacent to an activating group) is 1. The Bertz CT molecular complexity index is 1050. The van der Waals surface area contributed by atoms with Gasteiger partial charge < -0.3 is 19.5 Å². The zero-order valence-electron chi connectivity index (χ0n) is 17.3. The minimum atomic E-state index is -0.383. The Morgan fingerprint density at radius 3 is 2.47 bits per heavy atom. The molecule has 0 saturated heterocycles. The fourth-order valence-corrected chi connectivity index (χ4v) is 3.41. The molecule has 6 heteroatoms. The molecule has 0 aromatic heterocycles. The van der Waals surface area contributed by atoms with Crippen LogP contribution in [0.2, 0.25) is 0 Å². The number of phenols is 1. The van der Waals surface area contributed by atoms with Gasteiger partial charge in [-0.3, -0.25) is 4.79 Å². The van der Waals surface area contributed by atoms with E-state index in [1.165, 1.54) is 20.3 Å². The number of ether oxygens (including phenoxy) is 2. The Hall–Kier alpha value is -3.56. The molecule has 3 rings (SSSR count). The Kier molecular flexibility index (Phi) is 6.55. The van der Waals surface area contributed by atoms with Crippen LogP contribution in [0.25, 0.3) is 11.6 Å². The van der Waals surface area contributed by atoms with E-state index in [2.05, 4.69) is 11.0 Å². The highest BCUT2D eigenvalue weighted by Gasteiger charge is 2.26. The SMILES string of the molecule is COc1cc(OC)c(C2=CCN(C)CC2)c(O)c1C(=O)/C=C/c1ccc(C#N)cc1. The number of hydrogen-bond acceptors (Lipinski definition) is 6. The summed E-state index contributed by atoms with van der Waals surface area (Å²) >= 11 is 0. The van der Waals surface area contributed by atoms with Crippen molar-refractivity contribution in [3.05, 3.63) is 64.7 Å². The molecular formula is C24H24N2O4. The summed E-state index contributed by atoms with van der Waals surface area (Å²) in [7, 11) is 5.00. The van der Waals surface area contributed by atoms with E-state index in [-0.39, 0.29) is 22.8 Å². The highest BCUT2D eigenvalue weighted by atomic mass is 16.5. The van der Waals surface area contributed by atoms with Crippen molar-refractivity contribution in [3.63, 3.8) is 0 Å². The van der Waals surface area contributed by atoms with Gasteiger partial charge in [0, 0.05) is 19.2 Å². The van der Waals surface area contributed by atoms with E-state index in [0.29, 0.717) is 16.9 Å². The third kappa shape index (κ3) is 4.37. The van der Waals surface area contributed by atoms with Crippen molar-refractivity contribution < 1.29 is 19.4 Å². The minimum Gasteiger partial charge on any atom is -0.506 e. The summed E-state index contributed by atoms with van der Waals surface area (Å²) in [5.41, 5.74) is 2.88. The summed E-state index contributed by atoms with van der Waals surface area (Å²) in [6.07, 6.45) is 5.80. The van der Waals surface area contributed by atoms with Gasteiger partial charge in [-0.1, -0.05) is 24.3 Å². The van der Waals surface area contributed by atoms with Crippen molar-refractivity contribution in [2.75, 3.05) is 34.4 Å². The maximum Gasteiger partial charge on any atom is 0.193 e. The van der Waals surface area contributed by atoms with Crippen molar-refractivity contribution in [1.82, 2.24) is 4.90 Å². The summed E-state index contributed by atoms with van der Waals surface area (Å²) in [5.74, 6) is 0.187. The number of carbonyl (C=O) groups is 1. The van der Waals surface area contributed by atoms with Crippen LogP contribution in [-0.4, -0.2) is 50.1 Å². The Labute approximate surface area is 176 Å². The molecule has 0 saturated carbocycles. The average molecular weight is 404 g/mol. The summed E-state index contributed by atoms with van der Waals surface area (Å²) < 4.78 is 10.9. The number of carbonyl (C=O) groups excluding carboxylic acids is 1. The summed E-state index contributed by atoms with van der Waals surface area (Å²) in [6.45, 7) is 1.61. The molecule has 0 radical (unpaired) electrons. The average Bonchev–Trinajstić information content (AvgIpc) is 2.77. The third-order valence-electron chi connectivity index (χ3n) is 5.12. The van der Waals surface area contributed by atoms with Crippen LogP contribution in [0.15, 0.2) is 42.5 Å². The van der Waals surface area contributed by atoms with Crippen LogP contribution in [0.4, 0.5) is 0 Å². The molecule has 30 heavy (non-hydrogen) atoms. The highest BCUT2D eigenvalue weighted by Crippen LogP contribution is 2.44. The van der Waals surface area contributed by atoms with Gasteiger partial charge in [0.15, 0.2) is 5.78 Å². The molecule has 0 unspecified atom stereocenters. The molecule has 0 spiro atoms. The van der Waals surface area contributed by atoms with Gasteiger partial charge in [-0.15, -0.1) is 0 Å². The molecule has 1 N–H and O–H groups in total. The van der Waals surface area contributed by atoms with Gasteiger partial charge in [-0.2, -0.15) is 5.26 Å². The first-order valence-corrected chi connectivity index (χ1v) is 9.57. The number of allylic oxidation sites excluding steroid dienone is 1. The number of hydrogen-bond donors (Lipinski definition) is 1. The van der Waals surface area contributed by atoms with Crippen LogP contribution in [0.5, 0.6) is 17.2 Å². The lowest BCUT2D eigenvalue weighted by Gasteiger charge is -2.24. The van der Waals surface area contributed by atoms with Crippen molar-refractivity contribution in [1.29, 1.82) is 5.26 Å². The van der Waals surface area contributed by atoms with E-state index >= 15 is 0 Å². The number of ketones is 1. The summed E-state index contributed by atoms with van der Waals surface area (Å²) in [6, 6.07) is 10.6. The first-order valence-electron chi connectivity index (χ1n) is 9.57. The van der Waals surface area contributed by atoms with Gasteiger partial charge in [-0.05, 0) is 42.8 Å². The number of aromatic hydroxyl groups is 1. The molecule has 6 nitrogen and oxygen atoms in total. The van der Waals surface area contributed by atoms with Gasteiger partial charge in [-0.25, -0.2) is 0 Å². The number of nitrogens with zero attached hydrogens (tertiary/aromatic N) is 2. The Balaban J connectivity index is 2.02. The molecule has 0 fully saturated rings. The summed E-state index contributed by atoms with van der Waals surface area (Å²) in [4.78, 5) is 15.2. The monoisotopic (exact) mass is 404 g/mol. The lowest BCUT2D eigenvalue weighted by Crippen LogP contribution is -2.23. The molecule has 0 aliphatic carbocycles. The number of nitriles is 1. The van der Waals surface area contributed by atoms with Crippen LogP contribution in [0.1, 0.15) is 33.5 Å². The zero-order chi connectivity index (χ0) is 21.7. The topological polar surface area (TPSA) is 82.8 Å². The van der Waals surface area contributed by atoms with Gasteiger partial charge >= 0.3 is 0 Å². The van der Waals surface area contributed by atoms with Gasteiger partial charge in [0.05, 0.1) is 31.4 Å². The van der Waals surface area contributed by atoms with Crippen LogP contribution in [0.3, 0.4) is 0 Å². The number of methoxy groups -OCH3 is 2. The van der Waals surface area contributed by atoms with Crippen molar-refractivity contribution >= 4 is 17.4 Å². The number of rotatable bonds is 6. The van der Waals surface area contributed by atoms with E-state index in [4.69, 9.17) is 14.7 Å². The molecule has 2 aromatic rings. The van der Waals surface area contributed by atoms with Crippen LogP contribution in [0, 0.1) is 11.3 Å². The van der Waals surface area contributed by atoms with Crippen molar-refractivity contribution in [2.24, 2.45) is 0 Å². The summed E-state index contributed by atoms with van der Waals surface area (Å²) in [5, 5.41) is 20.0. The predicted molar refractivity (Wildman–Crippen MR) is 116 cm³/mol. The standard InChI is InChI=1S/C24H24N2O4/c1-26-12-10-18(11-13-26)22-20(29-2)14-21(30-3)23(24(22)28)19(27)9-8-16-4-6-17(15-25)7-5-16/h4-10,14,28H,11-13H2,1-3H3/b9-8+. The van der Waals surface area contributed by atoms with E-state index in [0.717, 1.165) is 30.6 Å². The van der Waals surface area contributed by atoms with Gasteiger partial charge in [0.2, 0.25) is 0 Å². The maximum atomic E-state index is 13.0. The number of phenolic OH excluding ortho intramolecular Hbond substituents is 1. The molecule has 1 aliphatic heterocycles. The largest absolute Gasteiger partial charge is 0.506 e. The van der Waals surface area contributed by atoms with Crippen molar-refractivity contribution in [2.45, 2.75) is 6.42 Å². The van der Waals surface area contributed by atoms with E-state index in [1.54, 1.807) is 36.4 Å². The second-order valence-electron chi connectivity index (χ2n) is 7.05. The quantitative estimate of drug-likeness (QED) is 0.581. The molecule has 0 atom stereocenters. The van der Waals surface area contributed by atoms with E-state index in [1.807, 2.05) is 13.1 Å². The molecule has 0 bridgehead atoms. The Morgan fingerprint density at radius 1 is 1.20 bits per heavy atom. The lowest BCUT2D eigenvalue weighted by molar-refractivity contribution is 0.104. The number of benzene rings is 2. The van der Waals surface area contributed by atoms with Gasteiger partial charge in [0.25, 0.3) is 0 Å². The van der Waals surface area contributed by atoms with Crippen molar-refractivity contribution in [3.8, 4) is 23.3 Å². The molecule has 1 aliphatic rings. The molecule has 2 aromatic carbocycles. The normalized spacial score (nSPS) is 14.3. The fourth-order valence-electron chi connectivity index (χ4n) is 3.41.